The van der Waals surface area contributed by atoms with Gasteiger partial charge < -0.3 is 15.4 Å². The third kappa shape index (κ3) is 3.61. The molecule has 0 aliphatic carbocycles. The third-order valence-corrected chi connectivity index (χ3v) is 3.53. The van der Waals surface area contributed by atoms with Gasteiger partial charge in [0, 0.05) is 25.4 Å². The van der Waals surface area contributed by atoms with Gasteiger partial charge in [0.05, 0.1) is 11.2 Å². The quantitative estimate of drug-likeness (QED) is 0.784. The van der Waals surface area contributed by atoms with E-state index in [1.165, 1.54) is 0 Å². The Morgan fingerprint density at radius 1 is 1.50 bits per heavy atom. The number of hydrogen-bond acceptors (Lipinski definition) is 3. The van der Waals surface area contributed by atoms with Crippen LogP contribution in [0.5, 0.6) is 0 Å². The molecular formula is C16H22N2O2. The van der Waals surface area contributed by atoms with Gasteiger partial charge in [-0.2, -0.15) is 0 Å². The Morgan fingerprint density at radius 2 is 2.30 bits per heavy atom. The topological polar surface area (TPSA) is 50.4 Å². The van der Waals surface area contributed by atoms with Crippen LogP contribution in [0.15, 0.2) is 36.9 Å². The highest BCUT2D eigenvalue weighted by atomic mass is 16.5. The lowest BCUT2D eigenvalue weighted by atomic mass is 10.0. The van der Waals surface area contributed by atoms with Crippen LogP contribution in [0.3, 0.4) is 0 Å². The molecule has 108 valence electrons. The van der Waals surface area contributed by atoms with E-state index in [2.05, 4.69) is 17.2 Å². The Morgan fingerprint density at radius 3 is 3.00 bits per heavy atom. The van der Waals surface area contributed by atoms with Crippen molar-refractivity contribution in [2.45, 2.75) is 25.4 Å². The van der Waals surface area contributed by atoms with Crippen LogP contribution in [-0.4, -0.2) is 31.2 Å². The maximum absolute atomic E-state index is 12.3. The molecule has 0 unspecified atom stereocenters. The van der Waals surface area contributed by atoms with Crippen LogP contribution >= 0.6 is 0 Å². The predicted octanol–water partition coefficient (Wildman–Crippen LogP) is 2.58. The second-order valence-electron chi connectivity index (χ2n) is 5.30. The molecule has 0 saturated carbocycles. The number of anilines is 1. The molecule has 1 atom stereocenters. The zero-order valence-corrected chi connectivity index (χ0v) is 11.9. The molecule has 1 saturated heterocycles. The molecule has 1 aliphatic rings. The number of carbonyl (C=O) groups is 1. The number of ether oxygens (including phenoxy) is 1. The standard InChI is InChI=1S/C16H22N2O2/c1-3-10-17-14-8-5-4-7-13(14)15(19)18-12-16(2)9-6-11-20-16/h3-5,7-8,17H,1,6,9-12H2,2H3,(H,18,19)/t16-/m0/s1. The monoisotopic (exact) mass is 274 g/mol. The maximum atomic E-state index is 12.3. The fourth-order valence-electron chi connectivity index (χ4n) is 2.36. The first-order valence-corrected chi connectivity index (χ1v) is 7.00. The van der Waals surface area contributed by atoms with Gasteiger partial charge >= 0.3 is 0 Å². The first-order chi connectivity index (χ1) is 9.64. The van der Waals surface area contributed by atoms with Crippen LogP contribution in [-0.2, 0) is 4.74 Å². The molecule has 1 aromatic rings. The van der Waals surface area contributed by atoms with Gasteiger partial charge in [0.25, 0.3) is 5.91 Å². The number of carbonyl (C=O) groups excluding carboxylic acids is 1. The van der Waals surface area contributed by atoms with E-state index in [4.69, 9.17) is 4.74 Å². The maximum Gasteiger partial charge on any atom is 0.253 e. The van der Waals surface area contributed by atoms with E-state index >= 15 is 0 Å². The molecule has 2 rings (SSSR count). The summed E-state index contributed by atoms with van der Waals surface area (Å²) in [7, 11) is 0. The minimum Gasteiger partial charge on any atom is -0.381 e. The average Bonchev–Trinajstić information content (AvgIpc) is 2.90. The SMILES string of the molecule is C=CCNc1ccccc1C(=O)NC[C@]1(C)CCCO1. The Bertz CT molecular complexity index is 479. The summed E-state index contributed by atoms with van der Waals surface area (Å²) in [6, 6.07) is 7.48. The number of amides is 1. The van der Waals surface area contributed by atoms with Crippen molar-refractivity contribution < 1.29 is 9.53 Å². The van der Waals surface area contributed by atoms with E-state index in [1.54, 1.807) is 6.08 Å². The number of benzene rings is 1. The molecule has 0 spiro atoms. The van der Waals surface area contributed by atoms with E-state index in [0.29, 0.717) is 18.7 Å². The first-order valence-electron chi connectivity index (χ1n) is 7.00. The summed E-state index contributed by atoms with van der Waals surface area (Å²) in [5, 5.41) is 6.14. The molecule has 0 aromatic heterocycles. The fraction of sp³-hybridized carbons (Fsp3) is 0.438. The van der Waals surface area contributed by atoms with E-state index in [1.807, 2.05) is 31.2 Å². The molecule has 1 fully saturated rings. The molecule has 0 radical (unpaired) electrons. The fourth-order valence-corrected chi connectivity index (χ4v) is 2.36. The van der Waals surface area contributed by atoms with Gasteiger partial charge in [0.15, 0.2) is 0 Å². The van der Waals surface area contributed by atoms with E-state index in [-0.39, 0.29) is 11.5 Å². The van der Waals surface area contributed by atoms with Crippen molar-refractivity contribution in [3.05, 3.63) is 42.5 Å². The highest BCUT2D eigenvalue weighted by Gasteiger charge is 2.30. The zero-order valence-electron chi connectivity index (χ0n) is 11.9. The van der Waals surface area contributed by atoms with E-state index in [9.17, 15) is 4.79 Å². The van der Waals surface area contributed by atoms with Crippen molar-refractivity contribution in [3.8, 4) is 0 Å². The smallest absolute Gasteiger partial charge is 0.253 e. The number of nitrogens with one attached hydrogen (secondary N) is 2. The Labute approximate surface area is 120 Å². The molecule has 2 N–H and O–H groups in total. The molecule has 20 heavy (non-hydrogen) atoms. The molecular weight excluding hydrogens is 252 g/mol. The van der Waals surface area contributed by atoms with Gasteiger partial charge in [-0.15, -0.1) is 6.58 Å². The second-order valence-corrected chi connectivity index (χ2v) is 5.30. The van der Waals surface area contributed by atoms with Crippen molar-refractivity contribution >= 4 is 11.6 Å². The van der Waals surface area contributed by atoms with Crippen molar-refractivity contribution in [2.75, 3.05) is 25.0 Å². The van der Waals surface area contributed by atoms with Crippen molar-refractivity contribution in [3.63, 3.8) is 0 Å². The zero-order chi connectivity index (χ0) is 14.4. The molecule has 1 heterocycles. The summed E-state index contributed by atoms with van der Waals surface area (Å²) in [5.74, 6) is -0.0751. The van der Waals surface area contributed by atoms with Gasteiger partial charge in [-0.1, -0.05) is 18.2 Å². The molecule has 1 aromatic carbocycles. The van der Waals surface area contributed by atoms with Gasteiger partial charge in [-0.3, -0.25) is 4.79 Å². The van der Waals surface area contributed by atoms with Crippen LogP contribution in [0.4, 0.5) is 5.69 Å². The summed E-state index contributed by atoms with van der Waals surface area (Å²) in [5.41, 5.74) is 1.25. The van der Waals surface area contributed by atoms with Gasteiger partial charge in [0.2, 0.25) is 0 Å². The summed E-state index contributed by atoms with van der Waals surface area (Å²) in [4.78, 5) is 12.3. The molecule has 4 nitrogen and oxygen atoms in total. The Kier molecular flexibility index (Phi) is 4.79. The minimum absolute atomic E-state index is 0.0751. The Balaban J connectivity index is 1.99. The van der Waals surface area contributed by atoms with E-state index < -0.39 is 0 Å². The predicted molar refractivity (Wildman–Crippen MR) is 81.1 cm³/mol. The number of para-hydroxylation sites is 1. The van der Waals surface area contributed by atoms with Crippen LogP contribution < -0.4 is 10.6 Å². The average molecular weight is 274 g/mol. The van der Waals surface area contributed by atoms with Crippen molar-refractivity contribution in [1.29, 1.82) is 0 Å². The summed E-state index contributed by atoms with van der Waals surface area (Å²) in [6.07, 6.45) is 3.82. The third-order valence-electron chi connectivity index (χ3n) is 3.53. The molecule has 1 amide bonds. The van der Waals surface area contributed by atoms with Gasteiger partial charge in [-0.25, -0.2) is 0 Å². The second kappa shape index (κ2) is 6.57. The van der Waals surface area contributed by atoms with Crippen LogP contribution in [0.1, 0.15) is 30.1 Å². The van der Waals surface area contributed by atoms with Crippen LogP contribution in [0.25, 0.3) is 0 Å². The van der Waals surface area contributed by atoms with Gasteiger partial charge in [-0.05, 0) is 31.9 Å². The van der Waals surface area contributed by atoms with Crippen LogP contribution in [0.2, 0.25) is 0 Å². The first kappa shape index (κ1) is 14.6. The summed E-state index contributed by atoms with van der Waals surface area (Å²) in [6.45, 7) is 7.67. The highest BCUT2D eigenvalue weighted by Crippen LogP contribution is 2.24. The van der Waals surface area contributed by atoms with E-state index in [0.717, 1.165) is 25.1 Å². The largest absolute Gasteiger partial charge is 0.381 e. The lowest BCUT2D eigenvalue weighted by molar-refractivity contribution is 0.0206. The van der Waals surface area contributed by atoms with Crippen LogP contribution in [0, 0.1) is 0 Å². The summed E-state index contributed by atoms with van der Waals surface area (Å²) >= 11 is 0. The molecule has 4 heteroatoms. The number of rotatable bonds is 6. The molecule has 0 bridgehead atoms. The summed E-state index contributed by atoms with van der Waals surface area (Å²) < 4.78 is 5.68. The lowest BCUT2D eigenvalue weighted by Gasteiger charge is -2.23. The Hall–Kier alpha value is -1.81. The highest BCUT2D eigenvalue weighted by molar-refractivity contribution is 5.99. The molecule has 1 aliphatic heterocycles. The van der Waals surface area contributed by atoms with Crippen molar-refractivity contribution in [2.24, 2.45) is 0 Å². The minimum atomic E-state index is -0.223. The number of hydrogen-bond donors (Lipinski definition) is 2. The van der Waals surface area contributed by atoms with Gasteiger partial charge in [0.1, 0.15) is 0 Å². The van der Waals surface area contributed by atoms with Crippen molar-refractivity contribution in [1.82, 2.24) is 5.32 Å². The lowest BCUT2D eigenvalue weighted by Crippen LogP contribution is -2.40. The normalized spacial score (nSPS) is 21.4.